The molecule has 1 amide bonds. The summed E-state index contributed by atoms with van der Waals surface area (Å²) in [5.74, 6) is -0.525. The van der Waals surface area contributed by atoms with E-state index in [1.54, 1.807) is 30.3 Å². The molecule has 10 nitrogen and oxygen atoms in total. The molecule has 0 radical (unpaired) electrons. The molecule has 3 atom stereocenters. The summed E-state index contributed by atoms with van der Waals surface area (Å²) in [5.41, 5.74) is 0.142. The molecule has 4 heterocycles. The maximum Gasteiger partial charge on any atom is 0.407 e. The molecule has 7 rings (SSSR count). The summed E-state index contributed by atoms with van der Waals surface area (Å²) in [7, 11) is 3.52. The second-order valence-corrected chi connectivity index (χ2v) is 12.6. The Morgan fingerprint density at radius 3 is 2.57 bits per heavy atom. The van der Waals surface area contributed by atoms with Crippen molar-refractivity contribution >= 4 is 45.2 Å². The third-order valence-corrected chi connectivity index (χ3v) is 9.73. The smallest absolute Gasteiger partial charge is 0.407 e. The summed E-state index contributed by atoms with van der Waals surface area (Å²) in [6, 6.07) is 9.13. The zero-order valence-corrected chi connectivity index (χ0v) is 26.3. The summed E-state index contributed by atoms with van der Waals surface area (Å²) in [4.78, 5) is 27.0. The van der Waals surface area contributed by atoms with Crippen LogP contribution < -0.4 is 14.4 Å². The average Bonchev–Trinajstić information content (AvgIpc) is 3.57. The van der Waals surface area contributed by atoms with Crippen molar-refractivity contribution in [2.75, 3.05) is 52.1 Å². The van der Waals surface area contributed by atoms with Crippen molar-refractivity contribution in [1.82, 2.24) is 19.8 Å². The number of carbonyl (C=O) groups is 1. The Morgan fingerprint density at radius 1 is 1.09 bits per heavy atom. The highest BCUT2D eigenvalue weighted by Crippen LogP contribution is 2.44. The third-order valence-electron chi connectivity index (χ3n) is 9.43. The van der Waals surface area contributed by atoms with E-state index in [2.05, 4.69) is 9.88 Å². The number of fused-ring (bicyclic) bond motifs is 4. The number of aromatic nitrogens is 2. The Morgan fingerprint density at radius 2 is 1.87 bits per heavy atom. The highest BCUT2D eigenvalue weighted by molar-refractivity contribution is 6.35. The van der Waals surface area contributed by atoms with E-state index in [1.165, 1.54) is 18.1 Å². The number of methoxy groups -OCH3 is 1. The zero-order chi connectivity index (χ0) is 32.1. The fourth-order valence-corrected chi connectivity index (χ4v) is 7.52. The van der Waals surface area contributed by atoms with Gasteiger partial charge in [-0.2, -0.15) is 9.97 Å². The molecule has 2 bridgehead atoms. The number of halogens is 3. The fourth-order valence-electron chi connectivity index (χ4n) is 7.22. The van der Waals surface area contributed by atoms with Crippen molar-refractivity contribution < 1.29 is 32.9 Å². The number of amides is 1. The van der Waals surface area contributed by atoms with Crippen molar-refractivity contribution in [3.05, 3.63) is 53.1 Å². The predicted octanol–water partition coefficient (Wildman–Crippen LogP) is 6.17. The molecule has 3 unspecified atom stereocenters. The van der Waals surface area contributed by atoms with E-state index in [0.717, 1.165) is 32.2 Å². The first-order valence-electron chi connectivity index (χ1n) is 15.4. The van der Waals surface area contributed by atoms with Gasteiger partial charge in [-0.25, -0.2) is 13.6 Å². The molecule has 3 fully saturated rings. The number of piperazine rings is 1. The van der Waals surface area contributed by atoms with Crippen LogP contribution in [0, 0.1) is 11.6 Å². The lowest BCUT2D eigenvalue weighted by molar-refractivity contribution is 0.0512. The summed E-state index contributed by atoms with van der Waals surface area (Å²) in [6.45, 7) is 2.00. The van der Waals surface area contributed by atoms with Gasteiger partial charge in [-0.15, -0.1) is 0 Å². The Labute approximate surface area is 269 Å². The van der Waals surface area contributed by atoms with Crippen LogP contribution in [0.3, 0.4) is 0 Å². The van der Waals surface area contributed by atoms with E-state index in [1.807, 2.05) is 11.9 Å². The fraction of sp³-hybridized carbons (Fsp3) is 0.424. The highest BCUT2D eigenvalue weighted by Gasteiger charge is 2.43. The Kier molecular flexibility index (Phi) is 8.20. The van der Waals surface area contributed by atoms with Crippen LogP contribution in [-0.4, -0.2) is 96.3 Å². The number of anilines is 1. The largest absolute Gasteiger partial charge is 0.468 e. The van der Waals surface area contributed by atoms with E-state index < -0.39 is 17.7 Å². The molecule has 242 valence electrons. The number of nitrogens with zero attached hydrogens (tertiary/aromatic N) is 5. The Balaban J connectivity index is 1.38. The van der Waals surface area contributed by atoms with E-state index in [4.69, 9.17) is 30.8 Å². The lowest BCUT2D eigenvalue weighted by Gasteiger charge is -2.40. The van der Waals surface area contributed by atoms with E-state index >= 15 is 8.78 Å². The number of ether oxygens (including phenoxy) is 3. The van der Waals surface area contributed by atoms with Gasteiger partial charge in [0.15, 0.2) is 12.6 Å². The first kappa shape index (κ1) is 30.6. The maximum atomic E-state index is 17.0. The molecule has 46 heavy (non-hydrogen) atoms. The first-order chi connectivity index (χ1) is 22.2. The van der Waals surface area contributed by atoms with Crippen molar-refractivity contribution in [3.8, 4) is 22.9 Å². The topological polar surface area (TPSA) is 100 Å². The monoisotopic (exact) mass is 653 g/mol. The number of carboxylic acid groups (broad SMARTS) is 1. The molecule has 3 aromatic carbocycles. The van der Waals surface area contributed by atoms with E-state index in [-0.39, 0.29) is 58.0 Å². The van der Waals surface area contributed by atoms with Gasteiger partial charge in [0.05, 0.1) is 17.1 Å². The predicted molar refractivity (Wildman–Crippen MR) is 170 cm³/mol. The molecule has 3 aliphatic heterocycles. The van der Waals surface area contributed by atoms with Crippen LogP contribution in [0.2, 0.25) is 5.02 Å². The maximum absolute atomic E-state index is 17.0. The van der Waals surface area contributed by atoms with Crippen LogP contribution in [0.15, 0.2) is 36.4 Å². The normalized spacial score (nSPS) is 21.5. The zero-order valence-electron chi connectivity index (χ0n) is 25.5. The van der Waals surface area contributed by atoms with Crippen molar-refractivity contribution in [1.29, 1.82) is 0 Å². The standard InChI is InChI=1S/C33H34ClF2N5O5/c1-39-10-4-6-21(39)16-45-32-37-30-24(31(38-32)40-14-19-8-9-20(15-40)41(19)33(42)43)13-25(34)28(29(30)36)23-12-22(46-17-44-2)11-18-5-3-7-26(35)27(18)23/h3,5,7,11-13,19-21H,4,6,8-10,14-17H2,1-2H3,(H,42,43). The lowest BCUT2D eigenvalue weighted by Crippen LogP contribution is -2.55. The number of likely N-dealkylation sites (N-methyl/N-ethyl adjacent to an activating group) is 1. The average molecular weight is 654 g/mol. The van der Waals surface area contributed by atoms with Gasteiger partial charge in [-0.3, -0.25) is 4.90 Å². The molecule has 13 heteroatoms. The third kappa shape index (κ3) is 5.41. The number of benzene rings is 3. The van der Waals surface area contributed by atoms with Crippen LogP contribution in [0.1, 0.15) is 25.7 Å². The van der Waals surface area contributed by atoms with Gasteiger partial charge in [0.2, 0.25) is 0 Å². The Bertz CT molecular complexity index is 1820. The molecular formula is C33H34ClF2N5O5. The molecule has 0 saturated carbocycles. The molecule has 3 saturated heterocycles. The minimum atomic E-state index is -0.945. The minimum Gasteiger partial charge on any atom is -0.468 e. The number of hydrogen-bond acceptors (Lipinski definition) is 8. The van der Waals surface area contributed by atoms with Gasteiger partial charge < -0.3 is 29.1 Å². The molecule has 3 aliphatic rings. The summed E-state index contributed by atoms with van der Waals surface area (Å²) in [5, 5.41) is 10.9. The summed E-state index contributed by atoms with van der Waals surface area (Å²) in [6.07, 6.45) is 2.53. The van der Waals surface area contributed by atoms with Crippen LogP contribution >= 0.6 is 11.6 Å². The van der Waals surface area contributed by atoms with Crippen molar-refractivity contribution in [2.45, 2.75) is 43.8 Å². The second kappa shape index (κ2) is 12.3. The molecule has 1 aromatic heterocycles. The molecule has 1 N–H and O–H groups in total. The van der Waals surface area contributed by atoms with E-state index in [9.17, 15) is 9.90 Å². The van der Waals surface area contributed by atoms with Crippen molar-refractivity contribution in [2.24, 2.45) is 0 Å². The number of rotatable bonds is 8. The lowest BCUT2D eigenvalue weighted by atomic mass is 9.95. The summed E-state index contributed by atoms with van der Waals surface area (Å²) >= 11 is 6.88. The van der Waals surface area contributed by atoms with Gasteiger partial charge in [0.25, 0.3) is 0 Å². The van der Waals surface area contributed by atoms with Crippen LogP contribution in [0.4, 0.5) is 19.4 Å². The number of hydrogen-bond donors (Lipinski definition) is 1. The molecule has 0 spiro atoms. The minimum absolute atomic E-state index is 0.0104. The van der Waals surface area contributed by atoms with Crippen LogP contribution in [0.5, 0.6) is 11.8 Å². The summed E-state index contributed by atoms with van der Waals surface area (Å²) < 4.78 is 49.2. The quantitative estimate of drug-likeness (QED) is 0.224. The van der Waals surface area contributed by atoms with Crippen LogP contribution in [0.25, 0.3) is 32.8 Å². The second-order valence-electron chi connectivity index (χ2n) is 12.2. The SMILES string of the molecule is COCOc1cc(-c2c(Cl)cc3c(N4CC5CCC(C4)N5C(=O)O)nc(OCC4CCCN4C)nc3c2F)c2c(F)cccc2c1. The highest BCUT2D eigenvalue weighted by atomic mass is 35.5. The van der Waals surface area contributed by atoms with Gasteiger partial charge in [-0.1, -0.05) is 23.7 Å². The van der Waals surface area contributed by atoms with Gasteiger partial charge in [0.1, 0.15) is 29.5 Å². The Hall–Kier alpha value is -4.00. The first-order valence-corrected chi connectivity index (χ1v) is 15.7. The van der Waals surface area contributed by atoms with Gasteiger partial charge in [-0.05, 0) is 68.9 Å². The molecule has 4 aromatic rings. The number of likely N-dealkylation sites (tertiary alicyclic amines) is 1. The molecule has 0 aliphatic carbocycles. The molecular weight excluding hydrogens is 620 g/mol. The van der Waals surface area contributed by atoms with Crippen LogP contribution in [-0.2, 0) is 4.74 Å². The van der Waals surface area contributed by atoms with Gasteiger partial charge in [0, 0.05) is 48.1 Å². The van der Waals surface area contributed by atoms with E-state index in [0.29, 0.717) is 42.0 Å². The van der Waals surface area contributed by atoms with Gasteiger partial charge >= 0.3 is 12.1 Å². The van der Waals surface area contributed by atoms with Crippen molar-refractivity contribution in [3.63, 3.8) is 0 Å².